The molecule has 3 N–H and O–H groups in total. The Balaban J connectivity index is 2.53. The number of nitrogens with two attached hydrogens (primary N) is 1. The van der Waals surface area contributed by atoms with Crippen molar-refractivity contribution >= 4 is 11.7 Å². The van der Waals surface area contributed by atoms with Crippen LogP contribution in [0.4, 0.5) is 5.69 Å². The maximum Gasteiger partial charge on any atom is 0.337 e. The molecule has 0 radical (unpaired) electrons. The van der Waals surface area contributed by atoms with Gasteiger partial charge < -0.3 is 15.8 Å². The predicted molar refractivity (Wildman–Crippen MR) is 69.1 cm³/mol. The molecule has 0 aromatic heterocycles. The molecule has 0 spiro atoms. The van der Waals surface area contributed by atoms with Crippen LogP contribution in [-0.2, 0) is 4.74 Å². The van der Waals surface area contributed by atoms with Crippen LogP contribution in [0.15, 0.2) is 24.3 Å². The van der Waals surface area contributed by atoms with Gasteiger partial charge in [0, 0.05) is 12.2 Å². The lowest BCUT2D eigenvalue weighted by molar-refractivity contribution is 0.0601. The molecule has 0 aliphatic heterocycles. The molecule has 94 valence electrons. The quantitative estimate of drug-likeness (QED) is 0.740. The number of carbonyl (C=O) groups is 1. The van der Waals surface area contributed by atoms with Crippen molar-refractivity contribution in [3.05, 3.63) is 29.8 Å². The van der Waals surface area contributed by atoms with Gasteiger partial charge in [0.15, 0.2) is 0 Å². The van der Waals surface area contributed by atoms with Crippen molar-refractivity contribution in [1.82, 2.24) is 0 Å². The lowest BCUT2D eigenvalue weighted by Crippen LogP contribution is -2.22. The molecule has 0 fully saturated rings. The maximum atomic E-state index is 11.2. The minimum Gasteiger partial charge on any atom is -0.465 e. The maximum absolute atomic E-state index is 11.2. The Morgan fingerprint density at radius 3 is 2.53 bits per heavy atom. The Kier molecular flexibility index (Phi) is 5.49. The Bertz CT molecular complexity index is 345. The zero-order valence-electron chi connectivity index (χ0n) is 10.4. The van der Waals surface area contributed by atoms with Crippen LogP contribution in [0.1, 0.15) is 23.7 Å². The van der Waals surface area contributed by atoms with E-state index in [1.807, 2.05) is 12.1 Å². The van der Waals surface area contributed by atoms with Crippen LogP contribution in [-0.4, -0.2) is 26.2 Å². The van der Waals surface area contributed by atoms with Gasteiger partial charge in [-0.05, 0) is 36.7 Å². The summed E-state index contributed by atoms with van der Waals surface area (Å²) in [6, 6.07) is 7.24. The largest absolute Gasteiger partial charge is 0.465 e. The first-order chi connectivity index (χ1) is 8.21. The molecule has 17 heavy (non-hydrogen) atoms. The first-order valence-electron chi connectivity index (χ1n) is 5.83. The zero-order valence-corrected chi connectivity index (χ0v) is 10.4. The number of benzene rings is 1. The minimum absolute atomic E-state index is 0.315. The van der Waals surface area contributed by atoms with Gasteiger partial charge in [-0.1, -0.05) is 13.3 Å². The molecule has 1 rings (SSSR count). The van der Waals surface area contributed by atoms with Gasteiger partial charge in [-0.2, -0.15) is 0 Å². The topological polar surface area (TPSA) is 64.3 Å². The SMILES string of the molecule is CCC(CN)CNc1ccc(C(=O)OC)cc1. The van der Waals surface area contributed by atoms with Crippen LogP contribution in [0.25, 0.3) is 0 Å². The second-order valence-corrected chi connectivity index (χ2v) is 3.96. The first kappa shape index (κ1) is 13.5. The van der Waals surface area contributed by atoms with Crippen LogP contribution >= 0.6 is 0 Å². The van der Waals surface area contributed by atoms with E-state index in [0.29, 0.717) is 18.0 Å². The number of methoxy groups -OCH3 is 1. The summed E-state index contributed by atoms with van der Waals surface area (Å²) < 4.78 is 4.63. The Labute approximate surface area is 102 Å². The van der Waals surface area contributed by atoms with Crippen molar-refractivity contribution in [3.8, 4) is 0 Å². The molecule has 0 aliphatic rings. The van der Waals surface area contributed by atoms with Gasteiger partial charge >= 0.3 is 5.97 Å². The van der Waals surface area contributed by atoms with Crippen molar-refractivity contribution in [2.75, 3.05) is 25.5 Å². The zero-order chi connectivity index (χ0) is 12.7. The summed E-state index contributed by atoms with van der Waals surface area (Å²) in [6.45, 7) is 3.66. The molecule has 1 unspecified atom stereocenters. The van der Waals surface area contributed by atoms with Crippen LogP contribution in [0.5, 0.6) is 0 Å². The molecular weight excluding hydrogens is 216 g/mol. The highest BCUT2D eigenvalue weighted by Crippen LogP contribution is 2.11. The van der Waals surface area contributed by atoms with Crippen LogP contribution in [0.2, 0.25) is 0 Å². The van der Waals surface area contributed by atoms with Gasteiger partial charge in [-0.25, -0.2) is 4.79 Å². The number of nitrogens with one attached hydrogen (secondary N) is 1. The molecule has 0 heterocycles. The van der Waals surface area contributed by atoms with Crippen molar-refractivity contribution in [1.29, 1.82) is 0 Å². The van der Waals surface area contributed by atoms with Gasteiger partial charge in [0.05, 0.1) is 12.7 Å². The smallest absolute Gasteiger partial charge is 0.337 e. The fourth-order valence-corrected chi connectivity index (χ4v) is 1.50. The summed E-state index contributed by atoms with van der Waals surface area (Å²) in [7, 11) is 1.38. The summed E-state index contributed by atoms with van der Waals surface area (Å²) in [5, 5.41) is 3.30. The van der Waals surface area contributed by atoms with Crippen molar-refractivity contribution in [3.63, 3.8) is 0 Å². The monoisotopic (exact) mass is 236 g/mol. The molecule has 0 saturated carbocycles. The number of esters is 1. The number of rotatable bonds is 6. The van der Waals surface area contributed by atoms with Crippen LogP contribution in [0, 0.1) is 5.92 Å². The third kappa shape index (κ3) is 4.07. The summed E-state index contributed by atoms with van der Waals surface area (Å²) >= 11 is 0. The van der Waals surface area contributed by atoms with Crippen LogP contribution < -0.4 is 11.1 Å². The van der Waals surface area contributed by atoms with E-state index in [4.69, 9.17) is 5.73 Å². The van der Waals surface area contributed by atoms with Gasteiger partial charge in [0.1, 0.15) is 0 Å². The molecule has 0 saturated heterocycles. The highest BCUT2D eigenvalue weighted by molar-refractivity contribution is 5.89. The Morgan fingerprint density at radius 1 is 1.41 bits per heavy atom. The van der Waals surface area contributed by atoms with Gasteiger partial charge in [-0.3, -0.25) is 0 Å². The number of anilines is 1. The second kappa shape index (κ2) is 6.91. The lowest BCUT2D eigenvalue weighted by atomic mass is 10.1. The predicted octanol–water partition coefficient (Wildman–Crippen LogP) is 1.87. The molecule has 0 aliphatic carbocycles. The molecule has 4 heteroatoms. The summed E-state index contributed by atoms with van der Waals surface area (Å²) in [6.07, 6.45) is 1.06. The average molecular weight is 236 g/mol. The highest BCUT2D eigenvalue weighted by Gasteiger charge is 2.05. The standard InChI is InChI=1S/C13H20N2O2/c1-3-10(8-14)9-15-12-6-4-11(5-7-12)13(16)17-2/h4-7,10,15H,3,8-9,14H2,1-2H3. The minimum atomic E-state index is -0.315. The van der Waals surface area contributed by atoms with Gasteiger partial charge in [0.25, 0.3) is 0 Å². The van der Waals surface area contributed by atoms with Crippen molar-refractivity contribution < 1.29 is 9.53 Å². The van der Waals surface area contributed by atoms with Crippen molar-refractivity contribution in [2.24, 2.45) is 11.7 Å². The number of hydrogen-bond donors (Lipinski definition) is 2. The van der Waals surface area contributed by atoms with E-state index < -0.39 is 0 Å². The fraction of sp³-hybridized carbons (Fsp3) is 0.462. The molecule has 1 atom stereocenters. The molecule has 0 amide bonds. The Morgan fingerprint density at radius 2 is 2.06 bits per heavy atom. The molecule has 4 nitrogen and oxygen atoms in total. The van der Waals surface area contributed by atoms with E-state index in [-0.39, 0.29) is 5.97 Å². The van der Waals surface area contributed by atoms with E-state index in [2.05, 4.69) is 17.0 Å². The van der Waals surface area contributed by atoms with E-state index in [0.717, 1.165) is 18.7 Å². The lowest BCUT2D eigenvalue weighted by Gasteiger charge is -2.14. The van der Waals surface area contributed by atoms with E-state index in [1.54, 1.807) is 12.1 Å². The van der Waals surface area contributed by atoms with Crippen LogP contribution in [0.3, 0.4) is 0 Å². The summed E-state index contributed by atoms with van der Waals surface area (Å²) in [5.74, 6) is 0.167. The van der Waals surface area contributed by atoms with Gasteiger partial charge in [0.2, 0.25) is 0 Å². The third-order valence-corrected chi connectivity index (χ3v) is 2.81. The summed E-state index contributed by atoms with van der Waals surface area (Å²) in [4.78, 5) is 11.2. The number of carbonyl (C=O) groups excluding carboxylic acids is 1. The first-order valence-corrected chi connectivity index (χ1v) is 5.83. The van der Waals surface area contributed by atoms with Gasteiger partial charge in [-0.15, -0.1) is 0 Å². The third-order valence-electron chi connectivity index (χ3n) is 2.81. The normalized spacial score (nSPS) is 11.9. The van der Waals surface area contributed by atoms with E-state index in [9.17, 15) is 4.79 Å². The Hall–Kier alpha value is -1.55. The van der Waals surface area contributed by atoms with Crippen molar-refractivity contribution in [2.45, 2.75) is 13.3 Å². The average Bonchev–Trinajstić information content (AvgIpc) is 2.39. The molecule has 0 bridgehead atoms. The van der Waals surface area contributed by atoms with E-state index >= 15 is 0 Å². The molecule has 1 aromatic rings. The molecular formula is C13H20N2O2. The molecule has 1 aromatic carbocycles. The number of ether oxygens (including phenoxy) is 1. The fourth-order valence-electron chi connectivity index (χ4n) is 1.50. The number of hydrogen-bond acceptors (Lipinski definition) is 4. The second-order valence-electron chi connectivity index (χ2n) is 3.96. The van der Waals surface area contributed by atoms with E-state index in [1.165, 1.54) is 7.11 Å². The highest BCUT2D eigenvalue weighted by atomic mass is 16.5. The summed E-state index contributed by atoms with van der Waals surface area (Å²) in [5.41, 5.74) is 7.18.